The van der Waals surface area contributed by atoms with E-state index in [-0.39, 0.29) is 18.7 Å². The Hall–Kier alpha value is -2.55. The van der Waals surface area contributed by atoms with Crippen molar-refractivity contribution in [2.45, 2.75) is 0 Å². The smallest absolute Gasteiger partial charge is 0.262 e. The number of halogens is 1. The molecular formula is C16H13ClN2O3. The Morgan fingerprint density at radius 2 is 2.05 bits per heavy atom. The van der Waals surface area contributed by atoms with Gasteiger partial charge < -0.3 is 14.8 Å². The molecule has 0 fully saturated rings. The molecule has 0 spiro atoms. The van der Waals surface area contributed by atoms with Gasteiger partial charge in [0.25, 0.3) is 5.91 Å². The largest absolute Gasteiger partial charge is 0.457 e. The summed E-state index contributed by atoms with van der Waals surface area (Å²) in [5.41, 5.74) is 0.748. The maximum atomic E-state index is 11.7. The Morgan fingerprint density at radius 1 is 1.32 bits per heavy atom. The minimum atomic E-state index is -0.555. The highest BCUT2D eigenvalue weighted by Gasteiger charge is 2.10. The molecule has 1 amide bonds. The number of nitrogens with zero attached hydrogens (tertiary/aromatic N) is 1. The van der Waals surface area contributed by atoms with Crippen molar-refractivity contribution in [1.82, 2.24) is 5.32 Å². The Kier molecular flexibility index (Phi) is 5.37. The number of carbonyl (C=O) groups is 1. The molecule has 5 nitrogen and oxygen atoms in total. The summed E-state index contributed by atoms with van der Waals surface area (Å²) in [5.74, 6) is 0.442. The van der Waals surface area contributed by atoms with Crippen LogP contribution >= 0.6 is 11.6 Å². The fourth-order valence-corrected chi connectivity index (χ4v) is 1.88. The van der Waals surface area contributed by atoms with Gasteiger partial charge in [0.2, 0.25) is 0 Å². The number of aliphatic hydroxyl groups is 1. The SMILES string of the molecule is N#CC(=Cc1ccc(-c2ccc(Cl)cc2)o1)C(=O)NCCO. The summed E-state index contributed by atoms with van der Waals surface area (Å²) in [6.45, 7) is -0.0993. The molecule has 6 heteroatoms. The van der Waals surface area contributed by atoms with Gasteiger partial charge >= 0.3 is 0 Å². The Balaban J connectivity index is 2.20. The molecule has 2 N–H and O–H groups in total. The molecule has 0 radical (unpaired) electrons. The Bertz CT molecular complexity index is 727. The lowest BCUT2D eigenvalue weighted by atomic mass is 10.2. The van der Waals surface area contributed by atoms with Crippen LogP contribution in [-0.2, 0) is 4.79 Å². The summed E-state index contributed by atoms with van der Waals surface area (Å²) in [6, 6.07) is 12.3. The molecule has 0 aliphatic heterocycles. The van der Waals surface area contributed by atoms with E-state index in [0.29, 0.717) is 16.5 Å². The summed E-state index contributed by atoms with van der Waals surface area (Å²) in [5, 5.41) is 20.7. The zero-order valence-corrected chi connectivity index (χ0v) is 12.3. The number of rotatable bonds is 5. The van der Waals surface area contributed by atoms with Crippen LogP contribution in [0.5, 0.6) is 0 Å². The van der Waals surface area contributed by atoms with Crippen LogP contribution in [0.3, 0.4) is 0 Å². The van der Waals surface area contributed by atoms with E-state index in [9.17, 15) is 4.79 Å². The number of carbonyl (C=O) groups excluding carboxylic acids is 1. The van der Waals surface area contributed by atoms with Crippen molar-refractivity contribution in [3.63, 3.8) is 0 Å². The number of hydrogen-bond donors (Lipinski definition) is 2. The van der Waals surface area contributed by atoms with Gasteiger partial charge in [-0.15, -0.1) is 0 Å². The molecule has 2 aromatic rings. The van der Waals surface area contributed by atoms with Gasteiger partial charge in [-0.05, 0) is 36.4 Å². The molecule has 1 heterocycles. The quantitative estimate of drug-likeness (QED) is 0.656. The monoisotopic (exact) mass is 316 g/mol. The second kappa shape index (κ2) is 7.46. The van der Waals surface area contributed by atoms with Crippen molar-refractivity contribution in [2.75, 3.05) is 13.2 Å². The molecular weight excluding hydrogens is 304 g/mol. The van der Waals surface area contributed by atoms with Crippen molar-refractivity contribution in [1.29, 1.82) is 5.26 Å². The lowest BCUT2D eigenvalue weighted by Gasteiger charge is -2.00. The van der Waals surface area contributed by atoms with Crippen LogP contribution in [0.15, 0.2) is 46.4 Å². The average Bonchev–Trinajstić information content (AvgIpc) is 2.99. The normalized spacial score (nSPS) is 11.0. The zero-order valence-electron chi connectivity index (χ0n) is 11.5. The van der Waals surface area contributed by atoms with Crippen LogP contribution in [0.1, 0.15) is 5.76 Å². The van der Waals surface area contributed by atoms with Crippen molar-refractivity contribution >= 4 is 23.6 Å². The highest BCUT2D eigenvalue weighted by Crippen LogP contribution is 2.24. The van der Waals surface area contributed by atoms with Gasteiger partial charge in [0, 0.05) is 23.2 Å². The Morgan fingerprint density at radius 3 is 2.68 bits per heavy atom. The first-order valence-electron chi connectivity index (χ1n) is 6.50. The van der Waals surface area contributed by atoms with Gasteiger partial charge in [-0.25, -0.2) is 0 Å². The minimum Gasteiger partial charge on any atom is -0.457 e. The predicted octanol–water partition coefficient (Wildman–Crippen LogP) is 2.62. The van der Waals surface area contributed by atoms with E-state index >= 15 is 0 Å². The van der Waals surface area contributed by atoms with E-state index in [0.717, 1.165) is 5.56 Å². The average molecular weight is 317 g/mol. The van der Waals surface area contributed by atoms with E-state index in [4.69, 9.17) is 26.4 Å². The summed E-state index contributed by atoms with van der Waals surface area (Å²) in [7, 11) is 0. The molecule has 1 aromatic carbocycles. The van der Waals surface area contributed by atoms with E-state index in [1.807, 2.05) is 12.1 Å². The van der Waals surface area contributed by atoms with Gasteiger partial charge in [-0.1, -0.05) is 11.6 Å². The predicted molar refractivity (Wildman–Crippen MR) is 82.8 cm³/mol. The number of aliphatic hydroxyl groups excluding tert-OH is 1. The maximum Gasteiger partial charge on any atom is 0.262 e. The number of benzene rings is 1. The fraction of sp³-hybridized carbons (Fsp3) is 0.125. The van der Waals surface area contributed by atoms with E-state index in [1.54, 1.807) is 30.3 Å². The van der Waals surface area contributed by atoms with Gasteiger partial charge in [-0.2, -0.15) is 5.26 Å². The first-order chi connectivity index (χ1) is 10.6. The summed E-state index contributed by atoms with van der Waals surface area (Å²) in [6.07, 6.45) is 1.35. The molecule has 0 aliphatic rings. The third kappa shape index (κ3) is 3.98. The standard InChI is InChI=1S/C16H13ClN2O3/c17-13-3-1-11(2-4-13)15-6-5-14(22-15)9-12(10-18)16(21)19-7-8-20/h1-6,9,20H,7-8H2,(H,19,21). The second-order valence-electron chi connectivity index (χ2n) is 4.36. The number of hydrogen-bond acceptors (Lipinski definition) is 4. The molecule has 0 saturated carbocycles. The van der Waals surface area contributed by atoms with Crippen LogP contribution in [0, 0.1) is 11.3 Å². The lowest BCUT2D eigenvalue weighted by Crippen LogP contribution is -2.27. The van der Waals surface area contributed by atoms with E-state index in [2.05, 4.69) is 5.32 Å². The molecule has 0 unspecified atom stereocenters. The highest BCUT2D eigenvalue weighted by molar-refractivity contribution is 6.30. The molecule has 0 saturated heterocycles. The van der Waals surface area contributed by atoms with Gasteiger partial charge in [0.15, 0.2) is 0 Å². The summed E-state index contributed by atoms with van der Waals surface area (Å²) < 4.78 is 5.60. The van der Waals surface area contributed by atoms with E-state index in [1.165, 1.54) is 6.08 Å². The Labute approximate surface area is 132 Å². The van der Waals surface area contributed by atoms with Crippen LogP contribution in [0.4, 0.5) is 0 Å². The van der Waals surface area contributed by atoms with Crippen molar-refractivity contribution < 1.29 is 14.3 Å². The molecule has 22 heavy (non-hydrogen) atoms. The summed E-state index contributed by atoms with van der Waals surface area (Å²) in [4.78, 5) is 11.7. The van der Waals surface area contributed by atoms with Crippen molar-refractivity contribution in [3.8, 4) is 17.4 Å². The summed E-state index contributed by atoms with van der Waals surface area (Å²) >= 11 is 5.83. The van der Waals surface area contributed by atoms with Crippen molar-refractivity contribution in [2.24, 2.45) is 0 Å². The molecule has 112 valence electrons. The first kappa shape index (κ1) is 15.8. The van der Waals surface area contributed by atoms with E-state index < -0.39 is 5.91 Å². The molecule has 0 bridgehead atoms. The van der Waals surface area contributed by atoms with Crippen LogP contribution in [0.25, 0.3) is 17.4 Å². The van der Waals surface area contributed by atoms with Gasteiger partial charge in [0.05, 0.1) is 6.61 Å². The number of nitrogens with one attached hydrogen (secondary N) is 1. The number of nitriles is 1. The highest BCUT2D eigenvalue weighted by atomic mass is 35.5. The van der Waals surface area contributed by atoms with Crippen LogP contribution in [0.2, 0.25) is 5.02 Å². The van der Waals surface area contributed by atoms with Gasteiger partial charge in [0.1, 0.15) is 23.2 Å². The third-order valence-electron chi connectivity index (χ3n) is 2.80. The molecule has 0 atom stereocenters. The lowest BCUT2D eigenvalue weighted by molar-refractivity contribution is -0.117. The topological polar surface area (TPSA) is 86.3 Å². The first-order valence-corrected chi connectivity index (χ1v) is 6.88. The number of furan rings is 1. The second-order valence-corrected chi connectivity index (χ2v) is 4.79. The number of amides is 1. The maximum absolute atomic E-state index is 11.7. The third-order valence-corrected chi connectivity index (χ3v) is 3.06. The fourth-order valence-electron chi connectivity index (χ4n) is 1.76. The zero-order chi connectivity index (χ0) is 15.9. The van der Waals surface area contributed by atoms with Crippen molar-refractivity contribution in [3.05, 3.63) is 52.8 Å². The van der Waals surface area contributed by atoms with Crippen LogP contribution in [-0.4, -0.2) is 24.2 Å². The molecule has 0 aliphatic carbocycles. The minimum absolute atomic E-state index is 0.0893. The molecule has 1 aromatic heterocycles. The van der Waals surface area contributed by atoms with Crippen LogP contribution < -0.4 is 5.32 Å². The molecule has 2 rings (SSSR count). The van der Waals surface area contributed by atoms with Gasteiger partial charge in [-0.3, -0.25) is 4.79 Å².